The minimum absolute atomic E-state index is 0.00648. The third-order valence-electron chi connectivity index (χ3n) is 2.80. The molecular weight excluding hydrogens is 280 g/mol. The van der Waals surface area contributed by atoms with E-state index in [9.17, 15) is 4.79 Å². The molecule has 0 aliphatic carbocycles. The maximum Gasteiger partial charge on any atom is 0.338 e. The number of carbonyl (C=O) groups is 1. The van der Waals surface area contributed by atoms with Gasteiger partial charge in [0.15, 0.2) is 0 Å². The Morgan fingerprint density at radius 1 is 1.45 bits per heavy atom. The summed E-state index contributed by atoms with van der Waals surface area (Å²) in [5.74, 6) is -0.553. The highest BCUT2D eigenvalue weighted by Crippen LogP contribution is 2.30. The summed E-state index contributed by atoms with van der Waals surface area (Å²) in [6, 6.07) is 6.49. The lowest BCUT2D eigenvalue weighted by Gasteiger charge is -2.10. The van der Waals surface area contributed by atoms with Crippen LogP contribution in [0.15, 0.2) is 30.5 Å². The van der Waals surface area contributed by atoms with Crippen molar-refractivity contribution in [1.29, 1.82) is 0 Å². The summed E-state index contributed by atoms with van der Waals surface area (Å²) >= 11 is 6.02. The second-order valence-corrected chi connectivity index (χ2v) is 4.50. The molecule has 0 bridgehead atoms. The van der Waals surface area contributed by atoms with Gasteiger partial charge < -0.3 is 15.6 Å². The second-order valence-electron chi connectivity index (χ2n) is 4.09. The lowest BCUT2D eigenvalue weighted by molar-refractivity contribution is 0.0697. The van der Waals surface area contributed by atoms with E-state index in [-0.39, 0.29) is 17.1 Å². The van der Waals surface area contributed by atoms with Gasteiger partial charge in [0.25, 0.3) is 0 Å². The van der Waals surface area contributed by atoms with Crippen molar-refractivity contribution in [3.63, 3.8) is 0 Å². The van der Waals surface area contributed by atoms with Gasteiger partial charge in [-0.25, -0.2) is 9.78 Å². The molecule has 0 atom stereocenters. The molecule has 20 heavy (non-hydrogen) atoms. The van der Waals surface area contributed by atoms with E-state index in [1.54, 1.807) is 18.2 Å². The highest BCUT2D eigenvalue weighted by atomic mass is 35.5. The lowest BCUT2D eigenvalue weighted by atomic mass is 10.1. The molecule has 0 saturated carbocycles. The van der Waals surface area contributed by atoms with Gasteiger partial charge >= 0.3 is 5.97 Å². The van der Waals surface area contributed by atoms with Gasteiger partial charge in [-0.15, -0.1) is 0 Å². The number of aromatic nitrogens is 1. The molecule has 5 nitrogen and oxygen atoms in total. The Morgan fingerprint density at radius 2 is 2.20 bits per heavy atom. The van der Waals surface area contributed by atoms with Gasteiger partial charge in [-0.05, 0) is 36.2 Å². The quantitative estimate of drug-likeness (QED) is 0.902. The molecule has 2 aromatic rings. The first-order valence-corrected chi connectivity index (χ1v) is 6.34. The van der Waals surface area contributed by atoms with Gasteiger partial charge in [-0.3, -0.25) is 0 Å². The van der Waals surface area contributed by atoms with Gasteiger partial charge in [0.05, 0.1) is 5.56 Å². The average molecular weight is 293 g/mol. The van der Waals surface area contributed by atoms with Gasteiger partial charge in [-0.1, -0.05) is 18.5 Å². The number of benzene rings is 1. The van der Waals surface area contributed by atoms with Crippen molar-refractivity contribution in [1.82, 2.24) is 4.98 Å². The predicted octanol–water partition coefficient (Wildman–Crippen LogP) is 3.37. The number of ether oxygens (including phenoxy) is 1. The fourth-order valence-corrected chi connectivity index (χ4v) is 1.97. The highest BCUT2D eigenvalue weighted by molar-refractivity contribution is 6.31. The minimum atomic E-state index is -1.12. The topological polar surface area (TPSA) is 85.4 Å². The van der Waals surface area contributed by atoms with Gasteiger partial charge in [0, 0.05) is 11.2 Å². The Morgan fingerprint density at radius 3 is 2.85 bits per heavy atom. The molecule has 0 unspecified atom stereocenters. The molecule has 1 aromatic carbocycles. The molecule has 0 aliphatic heterocycles. The number of carboxylic acid groups (broad SMARTS) is 1. The first-order chi connectivity index (χ1) is 9.52. The summed E-state index contributed by atoms with van der Waals surface area (Å²) < 4.78 is 5.54. The molecule has 6 heteroatoms. The number of nitrogen functional groups attached to an aromatic ring is 1. The fraction of sp³-hybridized carbons (Fsp3) is 0.143. The van der Waals surface area contributed by atoms with E-state index in [1.807, 2.05) is 6.92 Å². The zero-order valence-corrected chi connectivity index (χ0v) is 11.5. The molecule has 3 N–H and O–H groups in total. The zero-order chi connectivity index (χ0) is 14.7. The van der Waals surface area contributed by atoms with E-state index >= 15 is 0 Å². The number of nitrogens with zero attached hydrogens (tertiary/aromatic N) is 1. The Balaban J connectivity index is 2.35. The van der Waals surface area contributed by atoms with Gasteiger partial charge in [0.2, 0.25) is 5.88 Å². The number of anilines is 1. The number of nitrogens with two attached hydrogens (primary N) is 1. The van der Waals surface area contributed by atoms with Crippen molar-refractivity contribution in [2.75, 3.05) is 5.73 Å². The minimum Gasteiger partial charge on any atom is -0.478 e. The van der Waals surface area contributed by atoms with Crippen LogP contribution in [0.25, 0.3) is 0 Å². The van der Waals surface area contributed by atoms with Gasteiger partial charge in [-0.2, -0.15) is 0 Å². The molecular formula is C14H13ClN2O3. The predicted molar refractivity (Wildman–Crippen MR) is 76.5 cm³/mol. The standard InChI is InChI=1S/C14H13ClN2O3/c1-2-8-7-9(3-4-11(8)15)20-13-12(16)10(14(18)19)5-6-17-13/h3-7H,2,16H2,1H3,(H,18,19). The molecule has 1 aromatic heterocycles. The van der Waals surface area contributed by atoms with E-state index in [0.717, 1.165) is 12.0 Å². The van der Waals surface area contributed by atoms with Crippen LogP contribution in [-0.2, 0) is 6.42 Å². The van der Waals surface area contributed by atoms with Crippen LogP contribution in [0.3, 0.4) is 0 Å². The van der Waals surface area contributed by atoms with E-state index in [4.69, 9.17) is 27.2 Å². The number of pyridine rings is 1. The molecule has 1 heterocycles. The molecule has 0 saturated heterocycles. The summed E-state index contributed by atoms with van der Waals surface area (Å²) in [6.07, 6.45) is 2.10. The monoisotopic (exact) mass is 292 g/mol. The van der Waals surface area contributed by atoms with Crippen LogP contribution >= 0.6 is 11.6 Å². The maximum absolute atomic E-state index is 11.0. The van der Waals surface area contributed by atoms with Crippen LogP contribution < -0.4 is 10.5 Å². The van der Waals surface area contributed by atoms with E-state index in [1.165, 1.54) is 12.3 Å². The highest BCUT2D eigenvalue weighted by Gasteiger charge is 2.14. The molecule has 0 spiro atoms. The Bertz CT molecular complexity index is 659. The summed E-state index contributed by atoms with van der Waals surface area (Å²) in [5, 5.41) is 9.65. The molecule has 2 rings (SSSR count). The SMILES string of the molecule is CCc1cc(Oc2nccc(C(=O)O)c2N)ccc1Cl. The summed E-state index contributed by atoms with van der Waals surface area (Å²) in [6.45, 7) is 1.97. The normalized spacial score (nSPS) is 10.3. The number of hydrogen-bond donors (Lipinski definition) is 2. The van der Waals surface area contributed by atoms with E-state index in [2.05, 4.69) is 4.98 Å². The van der Waals surface area contributed by atoms with Crippen LogP contribution in [0.4, 0.5) is 5.69 Å². The Hall–Kier alpha value is -2.27. The van der Waals surface area contributed by atoms with Crippen molar-refractivity contribution >= 4 is 23.3 Å². The van der Waals surface area contributed by atoms with E-state index in [0.29, 0.717) is 10.8 Å². The first kappa shape index (κ1) is 14.1. The van der Waals surface area contributed by atoms with Gasteiger partial charge in [0.1, 0.15) is 11.4 Å². The van der Waals surface area contributed by atoms with Crippen LogP contribution in [0.2, 0.25) is 5.02 Å². The number of rotatable bonds is 4. The number of carboxylic acids is 1. The molecule has 0 fully saturated rings. The number of aromatic carboxylic acids is 1. The van der Waals surface area contributed by atoms with Crippen molar-refractivity contribution in [3.8, 4) is 11.6 Å². The Labute approximate surface area is 121 Å². The molecule has 0 amide bonds. The van der Waals surface area contributed by atoms with Crippen LogP contribution in [0.1, 0.15) is 22.8 Å². The zero-order valence-electron chi connectivity index (χ0n) is 10.8. The number of halogens is 1. The maximum atomic E-state index is 11.0. The van der Waals surface area contributed by atoms with E-state index < -0.39 is 5.97 Å². The van der Waals surface area contributed by atoms with Crippen molar-refractivity contribution in [2.24, 2.45) is 0 Å². The van der Waals surface area contributed by atoms with Crippen molar-refractivity contribution in [3.05, 3.63) is 46.6 Å². The van der Waals surface area contributed by atoms with Crippen LogP contribution in [-0.4, -0.2) is 16.1 Å². The van der Waals surface area contributed by atoms with Crippen LogP contribution in [0.5, 0.6) is 11.6 Å². The number of aryl methyl sites for hydroxylation is 1. The Kier molecular flexibility index (Phi) is 4.10. The summed E-state index contributed by atoms with van der Waals surface area (Å²) in [7, 11) is 0. The average Bonchev–Trinajstić information content (AvgIpc) is 2.42. The third kappa shape index (κ3) is 2.83. The largest absolute Gasteiger partial charge is 0.478 e. The summed E-state index contributed by atoms with van der Waals surface area (Å²) in [4.78, 5) is 14.9. The van der Waals surface area contributed by atoms with Crippen molar-refractivity contribution < 1.29 is 14.6 Å². The molecule has 0 radical (unpaired) electrons. The smallest absolute Gasteiger partial charge is 0.338 e. The first-order valence-electron chi connectivity index (χ1n) is 5.97. The third-order valence-corrected chi connectivity index (χ3v) is 3.17. The lowest BCUT2D eigenvalue weighted by Crippen LogP contribution is -2.05. The summed E-state index contributed by atoms with van der Waals surface area (Å²) in [5.41, 5.74) is 6.62. The second kappa shape index (κ2) is 5.79. The fourth-order valence-electron chi connectivity index (χ4n) is 1.72. The molecule has 0 aliphatic rings. The molecule has 104 valence electrons. The van der Waals surface area contributed by atoms with Crippen LogP contribution in [0, 0.1) is 0 Å². The number of hydrogen-bond acceptors (Lipinski definition) is 4. The van der Waals surface area contributed by atoms with Crippen molar-refractivity contribution in [2.45, 2.75) is 13.3 Å².